The van der Waals surface area contributed by atoms with E-state index in [1.54, 1.807) is 12.4 Å². The standard InChI is InChI=1S/C12H13N5/c1-9-13-7-8-17(9)12-10(3-2-4-16-12)11-14-5-6-15-11/h2-4,7-8H,5-6H2,1H3,(H,14,15). The van der Waals surface area contributed by atoms with Crippen molar-refractivity contribution < 1.29 is 0 Å². The number of rotatable bonds is 2. The molecular weight excluding hydrogens is 214 g/mol. The van der Waals surface area contributed by atoms with Gasteiger partial charge in [0.2, 0.25) is 0 Å². The number of aliphatic imine (C=N–C) groups is 1. The zero-order chi connectivity index (χ0) is 11.7. The van der Waals surface area contributed by atoms with E-state index in [1.807, 2.05) is 29.8 Å². The third-order valence-electron chi connectivity index (χ3n) is 2.77. The van der Waals surface area contributed by atoms with Crippen LogP contribution in [0.1, 0.15) is 11.4 Å². The third-order valence-corrected chi connectivity index (χ3v) is 2.77. The summed E-state index contributed by atoms with van der Waals surface area (Å²) in [4.78, 5) is 13.1. The van der Waals surface area contributed by atoms with E-state index in [0.717, 1.165) is 36.1 Å². The highest BCUT2D eigenvalue weighted by Crippen LogP contribution is 2.14. The maximum Gasteiger partial charge on any atom is 0.149 e. The molecular formula is C12H13N5. The lowest BCUT2D eigenvalue weighted by molar-refractivity contribution is 0.924. The van der Waals surface area contributed by atoms with E-state index < -0.39 is 0 Å². The molecule has 0 saturated heterocycles. The summed E-state index contributed by atoms with van der Waals surface area (Å²) in [5.74, 6) is 2.71. The lowest BCUT2D eigenvalue weighted by Crippen LogP contribution is -2.21. The Labute approximate surface area is 99.2 Å². The summed E-state index contributed by atoms with van der Waals surface area (Å²) >= 11 is 0. The Morgan fingerprint density at radius 3 is 2.94 bits per heavy atom. The second-order valence-corrected chi connectivity index (χ2v) is 3.88. The molecule has 1 aliphatic rings. The molecule has 2 aromatic heterocycles. The van der Waals surface area contributed by atoms with Crippen molar-refractivity contribution >= 4 is 5.84 Å². The van der Waals surface area contributed by atoms with Crippen molar-refractivity contribution in [1.82, 2.24) is 19.9 Å². The fourth-order valence-electron chi connectivity index (χ4n) is 1.95. The molecule has 0 fully saturated rings. The van der Waals surface area contributed by atoms with Crippen LogP contribution in [0.3, 0.4) is 0 Å². The molecule has 0 atom stereocenters. The quantitative estimate of drug-likeness (QED) is 0.830. The predicted octanol–water partition coefficient (Wildman–Crippen LogP) is 0.926. The molecule has 86 valence electrons. The average Bonchev–Trinajstić information content (AvgIpc) is 3.00. The summed E-state index contributed by atoms with van der Waals surface area (Å²) in [7, 11) is 0. The fourth-order valence-corrected chi connectivity index (χ4v) is 1.95. The molecule has 1 aliphatic heterocycles. The van der Waals surface area contributed by atoms with Crippen molar-refractivity contribution in [1.29, 1.82) is 0 Å². The van der Waals surface area contributed by atoms with Gasteiger partial charge in [-0.3, -0.25) is 9.56 Å². The van der Waals surface area contributed by atoms with Crippen molar-refractivity contribution in [3.05, 3.63) is 42.1 Å². The molecule has 0 saturated carbocycles. The molecule has 0 aliphatic carbocycles. The highest BCUT2D eigenvalue weighted by Gasteiger charge is 2.15. The number of amidine groups is 1. The molecule has 3 heterocycles. The van der Waals surface area contributed by atoms with Crippen LogP contribution in [0.5, 0.6) is 0 Å². The van der Waals surface area contributed by atoms with Gasteiger partial charge in [0.1, 0.15) is 17.5 Å². The van der Waals surface area contributed by atoms with Gasteiger partial charge in [-0.2, -0.15) is 0 Å². The Balaban J connectivity index is 2.14. The summed E-state index contributed by atoms with van der Waals surface area (Å²) in [5, 5.41) is 3.27. The first-order valence-corrected chi connectivity index (χ1v) is 5.60. The van der Waals surface area contributed by atoms with E-state index in [0.29, 0.717) is 0 Å². The Kier molecular flexibility index (Phi) is 2.36. The minimum Gasteiger partial charge on any atom is -0.368 e. The molecule has 17 heavy (non-hydrogen) atoms. The minimum atomic E-state index is 0.826. The van der Waals surface area contributed by atoms with Gasteiger partial charge in [-0.05, 0) is 19.1 Å². The van der Waals surface area contributed by atoms with E-state index in [9.17, 15) is 0 Å². The summed E-state index contributed by atoms with van der Waals surface area (Å²) in [5.41, 5.74) is 1.02. The first-order valence-electron chi connectivity index (χ1n) is 5.60. The van der Waals surface area contributed by atoms with Crippen molar-refractivity contribution in [3.8, 4) is 5.82 Å². The number of aromatic nitrogens is 3. The Morgan fingerprint density at radius 2 is 2.24 bits per heavy atom. The van der Waals surface area contributed by atoms with E-state index in [-0.39, 0.29) is 0 Å². The van der Waals surface area contributed by atoms with Crippen LogP contribution >= 0.6 is 0 Å². The summed E-state index contributed by atoms with van der Waals surface area (Å²) in [6.07, 6.45) is 5.47. The maximum absolute atomic E-state index is 4.44. The zero-order valence-electron chi connectivity index (χ0n) is 9.59. The van der Waals surface area contributed by atoms with Gasteiger partial charge in [-0.15, -0.1) is 0 Å². The number of hydrogen-bond donors (Lipinski definition) is 1. The fraction of sp³-hybridized carbons (Fsp3) is 0.250. The Morgan fingerprint density at radius 1 is 1.29 bits per heavy atom. The lowest BCUT2D eigenvalue weighted by atomic mass is 10.2. The summed E-state index contributed by atoms with van der Waals surface area (Å²) in [6, 6.07) is 3.95. The topological polar surface area (TPSA) is 55.1 Å². The minimum absolute atomic E-state index is 0.826. The molecule has 5 nitrogen and oxygen atoms in total. The number of hydrogen-bond acceptors (Lipinski definition) is 4. The Hall–Kier alpha value is -2.17. The van der Waals surface area contributed by atoms with Gasteiger partial charge in [0.15, 0.2) is 0 Å². The molecule has 0 aromatic carbocycles. The van der Waals surface area contributed by atoms with Crippen molar-refractivity contribution in [2.75, 3.05) is 13.1 Å². The Bertz CT molecular complexity index is 570. The molecule has 5 heteroatoms. The van der Waals surface area contributed by atoms with Crippen LogP contribution in [0, 0.1) is 6.92 Å². The molecule has 0 spiro atoms. The zero-order valence-corrected chi connectivity index (χ0v) is 9.59. The smallest absolute Gasteiger partial charge is 0.149 e. The van der Waals surface area contributed by atoms with Crippen LogP contribution in [-0.2, 0) is 0 Å². The van der Waals surface area contributed by atoms with Crippen molar-refractivity contribution in [3.63, 3.8) is 0 Å². The van der Waals surface area contributed by atoms with Crippen LogP contribution in [0.4, 0.5) is 0 Å². The SMILES string of the molecule is Cc1nccn1-c1ncccc1C1=NCCN1. The molecule has 0 bridgehead atoms. The van der Waals surface area contributed by atoms with E-state index in [2.05, 4.69) is 20.3 Å². The van der Waals surface area contributed by atoms with E-state index in [1.165, 1.54) is 0 Å². The number of nitrogens with one attached hydrogen (secondary N) is 1. The molecule has 3 rings (SSSR count). The summed E-state index contributed by atoms with van der Waals surface area (Å²) < 4.78 is 1.97. The molecule has 0 radical (unpaired) electrons. The number of aryl methyl sites for hydroxylation is 1. The van der Waals surface area contributed by atoms with Gasteiger partial charge in [0.25, 0.3) is 0 Å². The predicted molar refractivity (Wildman–Crippen MR) is 65.5 cm³/mol. The van der Waals surface area contributed by atoms with Crippen molar-refractivity contribution in [2.24, 2.45) is 4.99 Å². The highest BCUT2D eigenvalue weighted by molar-refractivity contribution is 6.02. The third kappa shape index (κ3) is 1.69. The van der Waals surface area contributed by atoms with Gasteiger partial charge >= 0.3 is 0 Å². The number of nitrogens with zero attached hydrogens (tertiary/aromatic N) is 4. The monoisotopic (exact) mass is 227 g/mol. The van der Waals surface area contributed by atoms with Gasteiger partial charge in [-0.25, -0.2) is 9.97 Å². The molecule has 0 unspecified atom stereocenters. The van der Waals surface area contributed by atoms with Crippen LogP contribution in [-0.4, -0.2) is 33.5 Å². The van der Waals surface area contributed by atoms with Gasteiger partial charge < -0.3 is 5.32 Å². The average molecular weight is 227 g/mol. The first kappa shape index (κ1) is 10.0. The summed E-state index contributed by atoms with van der Waals surface area (Å²) in [6.45, 7) is 3.68. The van der Waals surface area contributed by atoms with Crippen LogP contribution in [0.2, 0.25) is 0 Å². The number of imidazole rings is 1. The van der Waals surface area contributed by atoms with Gasteiger partial charge in [-0.1, -0.05) is 0 Å². The molecule has 2 aromatic rings. The van der Waals surface area contributed by atoms with Crippen LogP contribution < -0.4 is 5.32 Å². The second-order valence-electron chi connectivity index (χ2n) is 3.88. The second kappa shape index (κ2) is 4.01. The normalized spacial score (nSPS) is 14.5. The van der Waals surface area contributed by atoms with E-state index in [4.69, 9.17) is 0 Å². The first-order chi connectivity index (χ1) is 8.36. The van der Waals surface area contributed by atoms with E-state index >= 15 is 0 Å². The van der Waals surface area contributed by atoms with Gasteiger partial charge in [0.05, 0.1) is 12.1 Å². The largest absolute Gasteiger partial charge is 0.368 e. The van der Waals surface area contributed by atoms with Crippen LogP contribution in [0.25, 0.3) is 5.82 Å². The molecule has 0 amide bonds. The number of pyridine rings is 1. The van der Waals surface area contributed by atoms with Crippen molar-refractivity contribution in [2.45, 2.75) is 6.92 Å². The van der Waals surface area contributed by atoms with Gasteiger partial charge in [0, 0.05) is 25.1 Å². The molecule has 1 N–H and O–H groups in total. The lowest BCUT2D eigenvalue weighted by Gasteiger charge is -2.10. The van der Waals surface area contributed by atoms with Crippen LogP contribution in [0.15, 0.2) is 35.7 Å². The maximum atomic E-state index is 4.44. The highest BCUT2D eigenvalue weighted by atomic mass is 15.1.